The number of rotatable bonds is 3. The summed E-state index contributed by atoms with van der Waals surface area (Å²) in [6.07, 6.45) is 0. The van der Waals surface area contributed by atoms with E-state index in [9.17, 15) is 9.18 Å². The fourth-order valence-electron chi connectivity index (χ4n) is 1.21. The smallest absolute Gasteiger partial charge is 0.228 e. The molecule has 2 atom stereocenters. The molecule has 0 heterocycles. The summed E-state index contributed by atoms with van der Waals surface area (Å²) in [5.74, 6) is -1.04. The van der Waals surface area contributed by atoms with Crippen LogP contribution in [0.5, 0.6) is 0 Å². The molecule has 1 aromatic carbocycles. The van der Waals surface area contributed by atoms with Crippen molar-refractivity contribution in [3.05, 3.63) is 29.6 Å². The highest BCUT2D eigenvalue weighted by Gasteiger charge is 2.18. The van der Waals surface area contributed by atoms with Gasteiger partial charge in [-0.25, -0.2) is 4.39 Å². The van der Waals surface area contributed by atoms with Crippen LogP contribution in [0.15, 0.2) is 18.2 Å². The van der Waals surface area contributed by atoms with E-state index in [1.807, 2.05) is 0 Å². The van der Waals surface area contributed by atoms with Gasteiger partial charge in [-0.15, -0.1) is 12.4 Å². The molecule has 0 saturated heterocycles. The fourth-order valence-corrected chi connectivity index (χ4v) is 1.21. The third-order valence-corrected chi connectivity index (χ3v) is 2.58. The van der Waals surface area contributed by atoms with Gasteiger partial charge in [0.25, 0.3) is 0 Å². The van der Waals surface area contributed by atoms with Crippen molar-refractivity contribution in [2.75, 3.05) is 5.32 Å². The van der Waals surface area contributed by atoms with E-state index in [4.69, 9.17) is 5.73 Å². The van der Waals surface area contributed by atoms with Crippen LogP contribution >= 0.6 is 12.4 Å². The second-order valence-corrected chi connectivity index (χ2v) is 4.12. The second kappa shape index (κ2) is 6.57. The Balaban J connectivity index is 0.00000256. The molecule has 3 N–H and O–H groups in total. The van der Waals surface area contributed by atoms with Gasteiger partial charge in [0.15, 0.2) is 0 Å². The molecule has 17 heavy (non-hydrogen) atoms. The maximum absolute atomic E-state index is 13.4. The van der Waals surface area contributed by atoms with Crippen LogP contribution in [-0.2, 0) is 4.79 Å². The van der Waals surface area contributed by atoms with Crippen LogP contribution in [0.25, 0.3) is 0 Å². The molecule has 1 aromatic rings. The molecule has 96 valence electrons. The van der Waals surface area contributed by atoms with E-state index in [-0.39, 0.29) is 36.0 Å². The van der Waals surface area contributed by atoms with Crippen LogP contribution in [0, 0.1) is 18.7 Å². The van der Waals surface area contributed by atoms with Crippen molar-refractivity contribution in [3.63, 3.8) is 0 Å². The molecular weight excluding hydrogens is 243 g/mol. The van der Waals surface area contributed by atoms with E-state index in [1.165, 1.54) is 6.07 Å². The summed E-state index contributed by atoms with van der Waals surface area (Å²) in [6.45, 7) is 5.25. The lowest BCUT2D eigenvalue weighted by molar-refractivity contribution is -0.119. The lowest BCUT2D eigenvalue weighted by atomic mass is 10.0. The van der Waals surface area contributed by atoms with Gasteiger partial charge in [-0.1, -0.05) is 13.0 Å². The van der Waals surface area contributed by atoms with Crippen molar-refractivity contribution in [1.82, 2.24) is 0 Å². The first-order chi connectivity index (χ1) is 7.41. The monoisotopic (exact) mass is 260 g/mol. The quantitative estimate of drug-likeness (QED) is 0.877. The van der Waals surface area contributed by atoms with Crippen LogP contribution in [0.4, 0.5) is 10.1 Å². The minimum atomic E-state index is -0.426. The highest BCUT2D eigenvalue weighted by Crippen LogP contribution is 2.16. The van der Waals surface area contributed by atoms with Gasteiger partial charge in [-0.2, -0.15) is 0 Å². The molecule has 5 heteroatoms. The number of amides is 1. The van der Waals surface area contributed by atoms with Crippen molar-refractivity contribution < 1.29 is 9.18 Å². The molecule has 3 nitrogen and oxygen atoms in total. The molecule has 0 aromatic heterocycles. The third kappa shape index (κ3) is 4.32. The first-order valence-electron chi connectivity index (χ1n) is 5.24. The lowest BCUT2D eigenvalue weighted by Crippen LogP contribution is -2.34. The zero-order valence-electron chi connectivity index (χ0n) is 10.2. The number of nitrogens with two attached hydrogens (primary N) is 1. The van der Waals surface area contributed by atoms with E-state index in [0.29, 0.717) is 0 Å². The average Bonchev–Trinajstić information content (AvgIpc) is 2.20. The number of hydrogen-bond donors (Lipinski definition) is 2. The number of carbonyl (C=O) groups is 1. The Labute approximate surface area is 107 Å². The van der Waals surface area contributed by atoms with Gasteiger partial charge in [-0.05, 0) is 31.5 Å². The summed E-state index contributed by atoms with van der Waals surface area (Å²) in [6, 6.07) is 4.42. The Kier molecular flexibility index (Phi) is 6.13. The first-order valence-corrected chi connectivity index (χ1v) is 5.24. The molecule has 1 amide bonds. The summed E-state index contributed by atoms with van der Waals surface area (Å²) in [7, 11) is 0. The van der Waals surface area contributed by atoms with Gasteiger partial charge in [0.2, 0.25) is 5.91 Å². The van der Waals surface area contributed by atoms with Crippen LogP contribution in [0.1, 0.15) is 19.4 Å². The minimum Gasteiger partial charge on any atom is -0.327 e. The maximum atomic E-state index is 13.4. The molecule has 0 aliphatic heterocycles. The van der Waals surface area contributed by atoms with Crippen LogP contribution in [-0.4, -0.2) is 11.9 Å². The molecule has 0 radical (unpaired) electrons. The van der Waals surface area contributed by atoms with Gasteiger partial charge in [0.1, 0.15) is 5.82 Å². The average molecular weight is 261 g/mol. The highest BCUT2D eigenvalue weighted by atomic mass is 35.5. The first kappa shape index (κ1) is 15.9. The van der Waals surface area contributed by atoms with Crippen molar-refractivity contribution in [1.29, 1.82) is 0 Å². The van der Waals surface area contributed by atoms with E-state index in [2.05, 4.69) is 5.32 Å². The standard InChI is InChI=1S/C12H17FN2O.ClH/c1-7-4-5-11(10(13)6-7)15-12(16)8(2)9(3)14;/h4-6,8-9H,14H2,1-3H3,(H,15,16);1H. The van der Waals surface area contributed by atoms with E-state index in [0.717, 1.165) is 5.56 Å². The summed E-state index contributed by atoms with van der Waals surface area (Å²) in [5.41, 5.74) is 6.61. The van der Waals surface area contributed by atoms with Gasteiger partial charge < -0.3 is 11.1 Å². The largest absolute Gasteiger partial charge is 0.327 e. The van der Waals surface area contributed by atoms with Crippen LogP contribution in [0.3, 0.4) is 0 Å². The number of benzene rings is 1. The summed E-state index contributed by atoms with van der Waals surface area (Å²) < 4.78 is 13.4. The third-order valence-electron chi connectivity index (χ3n) is 2.58. The van der Waals surface area contributed by atoms with E-state index < -0.39 is 5.82 Å². The number of halogens is 2. The highest BCUT2D eigenvalue weighted by molar-refractivity contribution is 5.92. The fraction of sp³-hybridized carbons (Fsp3) is 0.417. The van der Waals surface area contributed by atoms with Crippen molar-refractivity contribution in [2.45, 2.75) is 26.8 Å². The SMILES string of the molecule is Cc1ccc(NC(=O)C(C)C(C)N)c(F)c1.Cl. The normalized spacial score (nSPS) is 13.5. The Morgan fingerprint density at radius 3 is 2.47 bits per heavy atom. The number of hydrogen-bond acceptors (Lipinski definition) is 2. The molecule has 0 saturated carbocycles. The van der Waals surface area contributed by atoms with Gasteiger partial charge >= 0.3 is 0 Å². The van der Waals surface area contributed by atoms with E-state index in [1.54, 1.807) is 32.9 Å². The number of aryl methyl sites for hydroxylation is 1. The molecule has 2 unspecified atom stereocenters. The molecular formula is C12H18ClFN2O. The van der Waals surface area contributed by atoms with Crippen molar-refractivity contribution in [3.8, 4) is 0 Å². The number of anilines is 1. The van der Waals surface area contributed by atoms with Crippen molar-refractivity contribution in [2.24, 2.45) is 11.7 Å². The van der Waals surface area contributed by atoms with Gasteiger partial charge in [0, 0.05) is 6.04 Å². The Hall–Kier alpha value is -1.13. The Morgan fingerprint density at radius 2 is 2.00 bits per heavy atom. The molecule has 0 fully saturated rings. The Morgan fingerprint density at radius 1 is 1.41 bits per heavy atom. The summed E-state index contributed by atoms with van der Waals surface area (Å²) in [4.78, 5) is 11.6. The molecule has 0 spiro atoms. The Bertz CT molecular complexity index is 396. The van der Waals surface area contributed by atoms with Crippen LogP contribution in [0.2, 0.25) is 0 Å². The van der Waals surface area contributed by atoms with E-state index >= 15 is 0 Å². The van der Waals surface area contributed by atoms with Gasteiger partial charge in [-0.3, -0.25) is 4.79 Å². The topological polar surface area (TPSA) is 55.1 Å². The molecule has 1 rings (SSSR count). The maximum Gasteiger partial charge on any atom is 0.228 e. The zero-order valence-corrected chi connectivity index (χ0v) is 11.0. The summed E-state index contributed by atoms with van der Waals surface area (Å²) >= 11 is 0. The number of nitrogens with one attached hydrogen (secondary N) is 1. The zero-order chi connectivity index (χ0) is 12.3. The molecule has 0 bridgehead atoms. The molecule has 0 aliphatic carbocycles. The predicted octanol–water partition coefficient (Wildman–Crippen LogP) is 2.48. The summed E-state index contributed by atoms with van der Waals surface area (Å²) in [5, 5.41) is 2.52. The minimum absolute atomic E-state index is 0. The second-order valence-electron chi connectivity index (χ2n) is 4.12. The van der Waals surface area contributed by atoms with Crippen LogP contribution < -0.4 is 11.1 Å². The van der Waals surface area contributed by atoms with Crippen molar-refractivity contribution >= 4 is 24.0 Å². The molecule has 0 aliphatic rings. The van der Waals surface area contributed by atoms with Gasteiger partial charge in [0.05, 0.1) is 11.6 Å². The lowest BCUT2D eigenvalue weighted by Gasteiger charge is -2.15. The number of carbonyl (C=O) groups excluding carboxylic acids is 1. The predicted molar refractivity (Wildman–Crippen MR) is 69.8 cm³/mol.